The number of H-pyrrole nitrogens is 1. The van der Waals surface area contributed by atoms with E-state index < -0.39 is 0 Å². The molecule has 3 aromatic heterocycles. The molecular formula is C18H15N5O2. The number of carbonyl (C=O) groups is 1. The van der Waals surface area contributed by atoms with E-state index in [2.05, 4.69) is 20.5 Å². The Labute approximate surface area is 142 Å². The van der Waals surface area contributed by atoms with Gasteiger partial charge in [-0.2, -0.15) is 5.10 Å². The van der Waals surface area contributed by atoms with Crippen LogP contribution >= 0.6 is 0 Å². The van der Waals surface area contributed by atoms with Gasteiger partial charge in [0.25, 0.3) is 11.5 Å². The summed E-state index contributed by atoms with van der Waals surface area (Å²) in [5, 5.41) is 11.4. The van der Waals surface area contributed by atoms with E-state index in [0.717, 1.165) is 22.0 Å². The van der Waals surface area contributed by atoms with Gasteiger partial charge in [0.1, 0.15) is 0 Å². The van der Waals surface area contributed by atoms with Crippen molar-refractivity contribution in [1.29, 1.82) is 0 Å². The molecule has 2 N–H and O–H groups in total. The van der Waals surface area contributed by atoms with Crippen molar-refractivity contribution in [1.82, 2.24) is 25.1 Å². The summed E-state index contributed by atoms with van der Waals surface area (Å²) in [4.78, 5) is 28.9. The molecule has 0 aliphatic rings. The number of hydrogen-bond donors (Lipinski definition) is 2. The Kier molecular flexibility index (Phi) is 3.53. The van der Waals surface area contributed by atoms with E-state index in [1.54, 1.807) is 13.2 Å². The number of amides is 1. The van der Waals surface area contributed by atoms with Crippen molar-refractivity contribution in [2.45, 2.75) is 6.54 Å². The standard InChI is InChI=1S/C18H15N5O2/c1-23-15-7-3-2-5-11(15)13(9-16(23)24)18(25)20-10-14-12-6-4-8-19-17(12)22-21-14/h2-9H,10H2,1H3,(H,20,25)(H,19,21,22). The molecule has 0 saturated heterocycles. The fourth-order valence-corrected chi connectivity index (χ4v) is 2.90. The average Bonchev–Trinajstić information content (AvgIpc) is 3.06. The fourth-order valence-electron chi connectivity index (χ4n) is 2.90. The van der Waals surface area contributed by atoms with Gasteiger partial charge in [-0.25, -0.2) is 4.98 Å². The van der Waals surface area contributed by atoms with Gasteiger partial charge < -0.3 is 9.88 Å². The molecule has 124 valence electrons. The fraction of sp³-hybridized carbons (Fsp3) is 0.111. The molecule has 0 fully saturated rings. The molecule has 25 heavy (non-hydrogen) atoms. The summed E-state index contributed by atoms with van der Waals surface area (Å²) >= 11 is 0. The quantitative estimate of drug-likeness (QED) is 0.597. The number of fused-ring (bicyclic) bond motifs is 2. The van der Waals surface area contributed by atoms with Crippen molar-refractivity contribution in [3.63, 3.8) is 0 Å². The zero-order valence-corrected chi connectivity index (χ0v) is 13.5. The zero-order valence-electron chi connectivity index (χ0n) is 13.5. The van der Waals surface area contributed by atoms with Crippen LogP contribution in [0, 0.1) is 0 Å². The molecule has 1 amide bonds. The third-order valence-corrected chi connectivity index (χ3v) is 4.23. The Balaban J connectivity index is 1.67. The number of pyridine rings is 2. The summed E-state index contributed by atoms with van der Waals surface area (Å²) in [6.07, 6.45) is 1.66. The van der Waals surface area contributed by atoms with Gasteiger partial charge in [-0.3, -0.25) is 14.7 Å². The first kappa shape index (κ1) is 15.1. The van der Waals surface area contributed by atoms with Crippen LogP contribution in [0.25, 0.3) is 21.9 Å². The largest absolute Gasteiger partial charge is 0.346 e. The van der Waals surface area contributed by atoms with Crippen molar-refractivity contribution in [3.05, 3.63) is 70.3 Å². The Morgan fingerprint density at radius 1 is 1.20 bits per heavy atom. The van der Waals surface area contributed by atoms with Crippen molar-refractivity contribution < 1.29 is 4.79 Å². The number of carbonyl (C=O) groups excluding carboxylic acids is 1. The maximum Gasteiger partial charge on any atom is 0.252 e. The van der Waals surface area contributed by atoms with Crippen LogP contribution in [0.1, 0.15) is 16.1 Å². The van der Waals surface area contributed by atoms with Crippen LogP contribution in [-0.4, -0.2) is 25.7 Å². The monoisotopic (exact) mass is 333 g/mol. The Morgan fingerprint density at radius 3 is 2.88 bits per heavy atom. The number of aryl methyl sites for hydroxylation is 1. The number of rotatable bonds is 3. The lowest BCUT2D eigenvalue weighted by Crippen LogP contribution is -2.26. The van der Waals surface area contributed by atoms with Gasteiger partial charge in [0, 0.05) is 30.1 Å². The topological polar surface area (TPSA) is 92.7 Å². The van der Waals surface area contributed by atoms with Crippen molar-refractivity contribution in [2.75, 3.05) is 0 Å². The Hall–Kier alpha value is -3.48. The number of aromatic amines is 1. The summed E-state index contributed by atoms with van der Waals surface area (Å²) in [7, 11) is 1.69. The minimum absolute atomic E-state index is 0.222. The highest BCUT2D eigenvalue weighted by Gasteiger charge is 2.14. The van der Waals surface area contributed by atoms with Crippen LogP contribution in [0.3, 0.4) is 0 Å². The number of nitrogens with zero attached hydrogens (tertiary/aromatic N) is 3. The van der Waals surface area contributed by atoms with E-state index >= 15 is 0 Å². The second-order valence-electron chi connectivity index (χ2n) is 5.73. The van der Waals surface area contributed by atoms with Gasteiger partial charge in [-0.05, 0) is 18.2 Å². The Morgan fingerprint density at radius 2 is 2.00 bits per heavy atom. The normalized spacial score (nSPS) is 11.1. The SMILES string of the molecule is Cn1c(=O)cc(C(=O)NCc2[nH]nc3ncccc23)c2ccccc21. The number of aromatic nitrogens is 4. The number of benzene rings is 1. The van der Waals surface area contributed by atoms with Crippen LogP contribution in [0.15, 0.2) is 53.5 Å². The maximum atomic E-state index is 12.6. The summed E-state index contributed by atoms with van der Waals surface area (Å²) in [6, 6.07) is 12.4. The van der Waals surface area contributed by atoms with E-state index in [4.69, 9.17) is 0 Å². The molecule has 3 heterocycles. The predicted molar refractivity (Wildman–Crippen MR) is 94.2 cm³/mol. The molecule has 4 aromatic rings. The Bertz CT molecular complexity index is 1160. The van der Waals surface area contributed by atoms with Crippen LogP contribution in [0.4, 0.5) is 0 Å². The van der Waals surface area contributed by atoms with Gasteiger partial charge in [-0.15, -0.1) is 0 Å². The highest BCUT2D eigenvalue weighted by atomic mass is 16.2. The van der Waals surface area contributed by atoms with E-state index in [1.807, 2.05) is 36.4 Å². The highest BCUT2D eigenvalue weighted by molar-refractivity contribution is 6.06. The van der Waals surface area contributed by atoms with Crippen LogP contribution in [0.2, 0.25) is 0 Å². The van der Waals surface area contributed by atoms with Crippen LogP contribution < -0.4 is 10.9 Å². The van der Waals surface area contributed by atoms with Crippen molar-refractivity contribution in [3.8, 4) is 0 Å². The summed E-state index contributed by atoms with van der Waals surface area (Å²) in [5.41, 5.74) is 2.23. The first-order valence-corrected chi connectivity index (χ1v) is 7.80. The number of hydrogen-bond acceptors (Lipinski definition) is 4. The maximum absolute atomic E-state index is 12.6. The molecule has 7 heteroatoms. The molecule has 0 unspecified atom stereocenters. The molecule has 1 aromatic carbocycles. The molecule has 4 rings (SSSR count). The van der Waals surface area contributed by atoms with Gasteiger partial charge in [0.2, 0.25) is 0 Å². The smallest absolute Gasteiger partial charge is 0.252 e. The molecule has 0 spiro atoms. The summed E-state index contributed by atoms with van der Waals surface area (Å²) in [6.45, 7) is 0.268. The molecule has 0 aliphatic heterocycles. The summed E-state index contributed by atoms with van der Waals surface area (Å²) in [5.74, 6) is -0.305. The molecule has 0 atom stereocenters. The van der Waals surface area contributed by atoms with E-state index in [9.17, 15) is 9.59 Å². The average molecular weight is 333 g/mol. The van der Waals surface area contributed by atoms with Crippen LogP contribution in [0.5, 0.6) is 0 Å². The van der Waals surface area contributed by atoms with E-state index in [-0.39, 0.29) is 18.0 Å². The van der Waals surface area contributed by atoms with Gasteiger partial charge in [0.05, 0.1) is 23.3 Å². The molecule has 7 nitrogen and oxygen atoms in total. The lowest BCUT2D eigenvalue weighted by molar-refractivity contribution is 0.0952. The van der Waals surface area contributed by atoms with Crippen molar-refractivity contribution >= 4 is 27.8 Å². The summed E-state index contributed by atoms with van der Waals surface area (Å²) < 4.78 is 1.53. The second-order valence-corrected chi connectivity index (χ2v) is 5.73. The second kappa shape index (κ2) is 5.86. The minimum atomic E-state index is -0.305. The third kappa shape index (κ3) is 2.55. The van der Waals surface area contributed by atoms with Crippen LogP contribution in [-0.2, 0) is 13.6 Å². The van der Waals surface area contributed by atoms with E-state index in [1.165, 1.54) is 10.6 Å². The third-order valence-electron chi connectivity index (χ3n) is 4.23. The zero-order chi connectivity index (χ0) is 17.4. The molecule has 0 aliphatic carbocycles. The number of para-hydroxylation sites is 1. The van der Waals surface area contributed by atoms with Gasteiger partial charge in [0.15, 0.2) is 5.65 Å². The molecule has 0 radical (unpaired) electrons. The minimum Gasteiger partial charge on any atom is -0.346 e. The van der Waals surface area contributed by atoms with E-state index in [0.29, 0.717) is 11.2 Å². The number of nitrogens with one attached hydrogen (secondary N) is 2. The van der Waals surface area contributed by atoms with Gasteiger partial charge >= 0.3 is 0 Å². The predicted octanol–water partition coefficient (Wildman–Crippen LogP) is 1.74. The first-order chi connectivity index (χ1) is 12.1. The van der Waals surface area contributed by atoms with Crippen molar-refractivity contribution in [2.24, 2.45) is 7.05 Å². The first-order valence-electron chi connectivity index (χ1n) is 7.80. The van der Waals surface area contributed by atoms with Gasteiger partial charge in [-0.1, -0.05) is 18.2 Å². The molecule has 0 bridgehead atoms. The lowest BCUT2D eigenvalue weighted by atomic mass is 10.1. The highest BCUT2D eigenvalue weighted by Crippen LogP contribution is 2.17. The molecular weight excluding hydrogens is 318 g/mol. The molecule has 0 saturated carbocycles. The lowest BCUT2D eigenvalue weighted by Gasteiger charge is -2.10.